The number of hydrogen-bond donors (Lipinski definition) is 0. The monoisotopic (exact) mass is 374 g/mol. The average Bonchev–Trinajstić information content (AvgIpc) is 2.82. The van der Waals surface area contributed by atoms with Crippen molar-refractivity contribution >= 4 is 37.3 Å². The molecule has 0 bridgehead atoms. The van der Waals surface area contributed by atoms with E-state index in [1.807, 2.05) is 0 Å². The van der Waals surface area contributed by atoms with Crippen molar-refractivity contribution in [1.29, 1.82) is 0 Å². The van der Waals surface area contributed by atoms with Gasteiger partial charge in [0.1, 0.15) is 16.1 Å². The number of halogens is 1. The van der Waals surface area contributed by atoms with E-state index in [9.17, 15) is 8.42 Å². The third-order valence-corrected chi connectivity index (χ3v) is 6.83. The van der Waals surface area contributed by atoms with E-state index in [0.29, 0.717) is 23.0 Å². The molecule has 3 heterocycles. The maximum absolute atomic E-state index is 12.3. The number of sulfonamides is 1. The zero-order valence-corrected chi connectivity index (χ0v) is 13.5. The third kappa shape index (κ3) is 2.73. The molecule has 8 heteroatoms. The van der Waals surface area contributed by atoms with E-state index >= 15 is 0 Å². The van der Waals surface area contributed by atoms with Crippen LogP contribution in [0.3, 0.4) is 0 Å². The minimum atomic E-state index is -3.38. The summed E-state index contributed by atoms with van der Waals surface area (Å²) in [6.45, 7) is 0.750. The van der Waals surface area contributed by atoms with Gasteiger partial charge in [-0.15, -0.1) is 11.3 Å². The summed E-state index contributed by atoms with van der Waals surface area (Å²) in [5.41, 5.74) is 0. The second-order valence-electron chi connectivity index (χ2n) is 4.30. The first-order valence-corrected chi connectivity index (χ1v) is 8.93. The van der Waals surface area contributed by atoms with Gasteiger partial charge in [-0.05, 0) is 40.2 Å². The minimum absolute atomic E-state index is 0.101. The first-order chi connectivity index (χ1) is 9.55. The molecule has 1 aliphatic heterocycles. The number of thiophene rings is 1. The minimum Gasteiger partial charge on any atom is -0.488 e. The van der Waals surface area contributed by atoms with Crippen LogP contribution in [0.15, 0.2) is 44.7 Å². The van der Waals surface area contributed by atoms with Gasteiger partial charge < -0.3 is 4.74 Å². The van der Waals surface area contributed by atoms with Crippen molar-refractivity contribution in [2.24, 2.45) is 0 Å². The molecule has 1 fully saturated rings. The molecule has 0 radical (unpaired) electrons. The molecule has 0 atom stereocenters. The highest BCUT2D eigenvalue weighted by Crippen LogP contribution is 2.31. The second-order valence-corrected chi connectivity index (χ2v) is 8.93. The second kappa shape index (κ2) is 5.44. The van der Waals surface area contributed by atoms with Crippen LogP contribution in [-0.4, -0.2) is 36.9 Å². The Hall–Kier alpha value is -0.960. The van der Waals surface area contributed by atoms with Gasteiger partial charge in [-0.25, -0.2) is 8.42 Å². The maximum Gasteiger partial charge on any atom is 0.252 e. The van der Waals surface area contributed by atoms with E-state index in [0.717, 1.165) is 3.79 Å². The molecule has 106 valence electrons. The van der Waals surface area contributed by atoms with Gasteiger partial charge in [0.05, 0.1) is 16.9 Å². The number of rotatable bonds is 4. The Labute approximate surface area is 129 Å². The Morgan fingerprint density at radius 1 is 1.25 bits per heavy atom. The van der Waals surface area contributed by atoms with Crippen LogP contribution < -0.4 is 4.74 Å². The molecule has 0 aliphatic carbocycles. The average molecular weight is 375 g/mol. The van der Waals surface area contributed by atoms with Gasteiger partial charge in [-0.3, -0.25) is 4.98 Å². The summed E-state index contributed by atoms with van der Waals surface area (Å²) in [5, 5.41) is 0. The van der Waals surface area contributed by atoms with Crippen LogP contribution in [0.1, 0.15) is 0 Å². The van der Waals surface area contributed by atoms with Gasteiger partial charge >= 0.3 is 0 Å². The van der Waals surface area contributed by atoms with Crippen LogP contribution in [0.2, 0.25) is 0 Å². The van der Waals surface area contributed by atoms with E-state index < -0.39 is 10.0 Å². The fourth-order valence-electron chi connectivity index (χ4n) is 1.84. The van der Waals surface area contributed by atoms with E-state index in [1.165, 1.54) is 15.6 Å². The standard InChI is InChI=1S/C12H11BrN2O3S2/c13-11-1-2-12(19-11)20(16,17)15-7-10(8-15)18-9-3-5-14-6-4-9/h1-6,10H,7-8H2. The smallest absolute Gasteiger partial charge is 0.252 e. The topological polar surface area (TPSA) is 59.5 Å². The number of ether oxygens (including phenoxy) is 1. The number of nitrogens with zero attached hydrogens (tertiary/aromatic N) is 2. The molecular weight excluding hydrogens is 364 g/mol. The predicted molar refractivity (Wildman–Crippen MR) is 79.4 cm³/mol. The van der Waals surface area contributed by atoms with Gasteiger partial charge in [0.2, 0.25) is 0 Å². The predicted octanol–water partition coefficient (Wildman–Crippen LogP) is 2.36. The fourth-order valence-corrected chi connectivity index (χ4v) is 5.51. The summed E-state index contributed by atoms with van der Waals surface area (Å²) in [4.78, 5) is 3.90. The third-order valence-electron chi connectivity index (χ3n) is 2.91. The van der Waals surface area contributed by atoms with Crippen molar-refractivity contribution in [1.82, 2.24) is 9.29 Å². The van der Waals surface area contributed by atoms with Gasteiger partial charge in [-0.2, -0.15) is 4.31 Å². The largest absolute Gasteiger partial charge is 0.488 e. The summed E-state index contributed by atoms with van der Waals surface area (Å²) in [7, 11) is -3.38. The van der Waals surface area contributed by atoms with Crippen molar-refractivity contribution in [3.05, 3.63) is 40.4 Å². The molecule has 0 saturated carbocycles. The molecule has 5 nitrogen and oxygen atoms in total. The Balaban J connectivity index is 1.63. The normalized spacial score (nSPS) is 16.9. The highest BCUT2D eigenvalue weighted by molar-refractivity contribution is 9.11. The number of aromatic nitrogens is 1. The van der Waals surface area contributed by atoms with Crippen LogP contribution in [0.4, 0.5) is 0 Å². The molecule has 20 heavy (non-hydrogen) atoms. The van der Waals surface area contributed by atoms with Crippen LogP contribution in [0, 0.1) is 0 Å². The molecule has 2 aromatic heterocycles. The lowest BCUT2D eigenvalue weighted by Gasteiger charge is -2.37. The molecule has 1 saturated heterocycles. The lowest BCUT2D eigenvalue weighted by atomic mass is 10.2. The molecule has 0 unspecified atom stereocenters. The first kappa shape index (κ1) is 14.0. The summed E-state index contributed by atoms with van der Waals surface area (Å²) in [6.07, 6.45) is 3.19. The van der Waals surface area contributed by atoms with Gasteiger partial charge in [0.25, 0.3) is 10.0 Å². The molecule has 3 rings (SSSR count). The van der Waals surface area contributed by atoms with Crippen molar-refractivity contribution < 1.29 is 13.2 Å². The Morgan fingerprint density at radius 3 is 2.55 bits per heavy atom. The number of pyridine rings is 1. The number of hydrogen-bond acceptors (Lipinski definition) is 5. The van der Waals surface area contributed by atoms with Crippen LogP contribution in [0.25, 0.3) is 0 Å². The molecule has 2 aromatic rings. The maximum atomic E-state index is 12.3. The van der Waals surface area contributed by atoms with Crippen molar-refractivity contribution in [2.45, 2.75) is 10.3 Å². The highest BCUT2D eigenvalue weighted by Gasteiger charge is 2.38. The van der Waals surface area contributed by atoms with E-state index in [4.69, 9.17) is 4.74 Å². The van der Waals surface area contributed by atoms with Crippen LogP contribution in [-0.2, 0) is 10.0 Å². The first-order valence-electron chi connectivity index (χ1n) is 5.88. The lowest BCUT2D eigenvalue weighted by Crippen LogP contribution is -2.55. The van der Waals surface area contributed by atoms with E-state index in [2.05, 4.69) is 20.9 Å². The van der Waals surface area contributed by atoms with Gasteiger partial charge in [0, 0.05) is 12.4 Å². The quantitative estimate of drug-likeness (QED) is 0.823. The molecule has 0 spiro atoms. The zero-order valence-electron chi connectivity index (χ0n) is 10.3. The lowest BCUT2D eigenvalue weighted by molar-refractivity contribution is 0.0763. The van der Waals surface area contributed by atoms with Crippen LogP contribution in [0.5, 0.6) is 5.75 Å². The molecule has 0 aromatic carbocycles. The molecule has 0 N–H and O–H groups in total. The molecule has 1 aliphatic rings. The molecule has 0 amide bonds. The van der Waals surface area contributed by atoms with E-state index in [1.54, 1.807) is 36.7 Å². The molecular formula is C12H11BrN2O3S2. The zero-order chi connectivity index (χ0) is 14.2. The summed E-state index contributed by atoms with van der Waals surface area (Å²) < 4.78 is 32.8. The summed E-state index contributed by atoms with van der Waals surface area (Å²) in [5.74, 6) is 0.709. The van der Waals surface area contributed by atoms with Crippen LogP contribution >= 0.6 is 27.3 Å². The van der Waals surface area contributed by atoms with E-state index in [-0.39, 0.29) is 6.10 Å². The van der Waals surface area contributed by atoms with Gasteiger partial charge in [0.15, 0.2) is 0 Å². The Kier molecular flexibility index (Phi) is 3.80. The summed E-state index contributed by atoms with van der Waals surface area (Å²) in [6, 6.07) is 6.87. The van der Waals surface area contributed by atoms with Crippen molar-refractivity contribution in [3.8, 4) is 5.75 Å². The summed E-state index contributed by atoms with van der Waals surface area (Å²) >= 11 is 4.49. The van der Waals surface area contributed by atoms with Crippen molar-refractivity contribution in [2.75, 3.05) is 13.1 Å². The SMILES string of the molecule is O=S(=O)(c1ccc(Br)s1)N1CC(Oc2ccncc2)C1. The van der Waals surface area contributed by atoms with Crippen molar-refractivity contribution in [3.63, 3.8) is 0 Å². The fraction of sp³-hybridized carbons (Fsp3) is 0.250. The highest BCUT2D eigenvalue weighted by atomic mass is 79.9. The Bertz CT molecular complexity index is 697. The Morgan fingerprint density at radius 2 is 1.95 bits per heavy atom. The van der Waals surface area contributed by atoms with Gasteiger partial charge in [-0.1, -0.05) is 0 Å².